The normalized spacial score (nSPS) is 18.6. The van der Waals surface area contributed by atoms with Crippen molar-refractivity contribution < 1.29 is 19.4 Å². The van der Waals surface area contributed by atoms with Crippen molar-refractivity contribution in [1.29, 1.82) is 0 Å². The zero-order valence-electron chi connectivity index (χ0n) is 14.2. The Morgan fingerprint density at radius 3 is 2.71 bits per heavy atom. The summed E-state index contributed by atoms with van der Waals surface area (Å²) in [5.41, 5.74) is 2.16. The van der Waals surface area contributed by atoms with E-state index in [1.165, 1.54) is 0 Å². The predicted molar refractivity (Wildman–Crippen MR) is 89.9 cm³/mol. The number of amides is 1. The minimum Gasteiger partial charge on any atom is -0.478 e. The first-order valence-corrected chi connectivity index (χ1v) is 8.78. The molecule has 1 amide bonds. The fraction of sp³-hybridized carbons (Fsp3) is 0.579. The van der Waals surface area contributed by atoms with Gasteiger partial charge in [0.1, 0.15) is 0 Å². The Balaban J connectivity index is 1.73. The topological polar surface area (TPSA) is 66.8 Å². The maximum absolute atomic E-state index is 13.1. The van der Waals surface area contributed by atoms with Crippen molar-refractivity contribution in [3.63, 3.8) is 0 Å². The molecule has 0 atom stereocenters. The molecule has 1 heterocycles. The van der Waals surface area contributed by atoms with Crippen LogP contribution in [0.1, 0.15) is 54.1 Å². The molecule has 0 spiro atoms. The largest absolute Gasteiger partial charge is 0.478 e. The van der Waals surface area contributed by atoms with Gasteiger partial charge in [-0.3, -0.25) is 4.79 Å². The number of fused-ring (bicyclic) bond motifs is 1. The quantitative estimate of drug-likeness (QED) is 0.814. The van der Waals surface area contributed by atoms with E-state index in [1.807, 2.05) is 17.9 Å². The van der Waals surface area contributed by atoms with E-state index in [9.17, 15) is 9.59 Å². The van der Waals surface area contributed by atoms with Gasteiger partial charge in [0.15, 0.2) is 0 Å². The van der Waals surface area contributed by atoms with E-state index < -0.39 is 5.97 Å². The number of aromatic carboxylic acids is 1. The van der Waals surface area contributed by atoms with E-state index in [-0.39, 0.29) is 16.9 Å². The molecule has 1 aliphatic carbocycles. The number of carbonyl (C=O) groups excluding carboxylic acids is 1. The molecule has 5 nitrogen and oxygen atoms in total. The van der Waals surface area contributed by atoms with Gasteiger partial charge in [0.25, 0.3) is 0 Å². The van der Waals surface area contributed by atoms with E-state index in [1.54, 1.807) is 12.1 Å². The molecule has 0 radical (unpaired) electrons. The van der Waals surface area contributed by atoms with Crippen LogP contribution in [0.4, 0.5) is 0 Å². The van der Waals surface area contributed by atoms with Gasteiger partial charge in [-0.2, -0.15) is 0 Å². The first-order chi connectivity index (χ1) is 11.6. The van der Waals surface area contributed by atoms with Gasteiger partial charge in [-0.05, 0) is 55.9 Å². The number of ether oxygens (including phenoxy) is 1. The van der Waals surface area contributed by atoms with Gasteiger partial charge in [-0.25, -0.2) is 4.79 Å². The van der Waals surface area contributed by atoms with Crippen LogP contribution in [0.25, 0.3) is 0 Å². The maximum Gasteiger partial charge on any atom is 0.335 e. The average Bonchev–Trinajstić information content (AvgIpc) is 2.55. The lowest BCUT2D eigenvalue weighted by atomic mass is 9.65. The van der Waals surface area contributed by atoms with E-state index in [4.69, 9.17) is 9.84 Å². The van der Waals surface area contributed by atoms with Crippen molar-refractivity contribution in [1.82, 2.24) is 4.90 Å². The number of carboxylic acid groups (broad SMARTS) is 1. The van der Waals surface area contributed by atoms with Gasteiger partial charge in [-0.15, -0.1) is 0 Å². The Hall–Kier alpha value is -1.88. The van der Waals surface area contributed by atoms with Crippen molar-refractivity contribution >= 4 is 11.9 Å². The molecule has 0 bridgehead atoms. The second kappa shape index (κ2) is 6.93. The van der Waals surface area contributed by atoms with Crippen LogP contribution in [0.5, 0.6) is 0 Å². The molecule has 3 rings (SSSR count). The maximum atomic E-state index is 13.1. The summed E-state index contributed by atoms with van der Waals surface area (Å²) in [4.78, 5) is 26.2. The third-order valence-electron chi connectivity index (χ3n) is 5.45. The Morgan fingerprint density at radius 1 is 1.29 bits per heavy atom. The molecule has 0 aromatic heterocycles. The third kappa shape index (κ3) is 3.18. The van der Waals surface area contributed by atoms with Crippen molar-refractivity contribution in [3.8, 4) is 0 Å². The summed E-state index contributed by atoms with van der Waals surface area (Å²) >= 11 is 0. The summed E-state index contributed by atoms with van der Waals surface area (Å²) in [6.07, 6.45) is 4.57. The van der Waals surface area contributed by atoms with Crippen LogP contribution in [0.15, 0.2) is 18.2 Å². The van der Waals surface area contributed by atoms with Crippen molar-refractivity contribution in [3.05, 3.63) is 34.9 Å². The number of carbonyl (C=O) groups is 2. The Bertz CT molecular complexity index is 636. The Morgan fingerprint density at radius 2 is 2.08 bits per heavy atom. The SMILES string of the molecule is CCOCCC1(C(=O)N2CCc3ccc(C(=O)O)cc3C2)CCC1. The van der Waals surface area contributed by atoms with Gasteiger partial charge < -0.3 is 14.7 Å². The number of hydrogen-bond donors (Lipinski definition) is 1. The molecule has 2 aliphatic rings. The summed E-state index contributed by atoms with van der Waals surface area (Å²) in [7, 11) is 0. The Kier molecular flexibility index (Phi) is 4.90. The molecule has 1 aromatic rings. The molecule has 24 heavy (non-hydrogen) atoms. The molecule has 1 fully saturated rings. The van der Waals surface area contributed by atoms with Crippen LogP contribution < -0.4 is 0 Å². The summed E-state index contributed by atoms with van der Waals surface area (Å²) < 4.78 is 5.46. The first-order valence-electron chi connectivity index (χ1n) is 8.78. The minimum atomic E-state index is -0.923. The summed E-state index contributed by atoms with van der Waals surface area (Å²) in [5.74, 6) is -0.701. The van der Waals surface area contributed by atoms with Gasteiger partial charge in [0.05, 0.1) is 11.0 Å². The molecule has 130 valence electrons. The summed E-state index contributed by atoms with van der Waals surface area (Å²) in [6.45, 7) is 4.52. The number of rotatable bonds is 6. The third-order valence-corrected chi connectivity index (χ3v) is 5.45. The number of carboxylic acids is 1. The monoisotopic (exact) mass is 331 g/mol. The van der Waals surface area contributed by atoms with E-state index in [2.05, 4.69) is 0 Å². The number of hydrogen-bond acceptors (Lipinski definition) is 3. The Labute approximate surface area is 142 Å². The predicted octanol–water partition coefficient (Wildman–Crippen LogP) is 2.87. The highest BCUT2D eigenvalue weighted by Gasteiger charge is 2.46. The van der Waals surface area contributed by atoms with E-state index in [0.717, 1.165) is 43.2 Å². The van der Waals surface area contributed by atoms with Gasteiger partial charge in [0.2, 0.25) is 5.91 Å². The van der Waals surface area contributed by atoms with Gasteiger partial charge >= 0.3 is 5.97 Å². The van der Waals surface area contributed by atoms with Crippen LogP contribution in [0.3, 0.4) is 0 Å². The average molecular weight is 331 g/mol. The van der Waals surface area contributed by atoms with Crippen molar-refractivity contribution in [2.45, 2.75) is 45.6 Å². The molecule has 5 heteroatoms. The standard InChI is InChI=1S/C19H25NO4/c1-2-24-11-9-19(7-3-8-19)18(23)20-10-6-14-4-5-15(17(21)22)12-16(14)13-20/h4-5,12H,2-3,6-11,13H2,1H3,(H,21,22). The molecule has 1 saturated carbocycles. The fourth-order valence-electron chi connectivity index (χ4n) is 3.79. The lowest BCUT2D eigenvalue weighted by Crippen LogP contribution is -2.49. The van der Waals surface area contributed by atoms with Crippen LogP contribution in [0.2, 0.25) is 0 Å². The zero-order chi connectivity index (χ0) is 17.2. The molecular weight excluding hydrogens is 306 g/mol. The van der Waals surface area contributed by atoms with Gasteiger partial charge in [-0.1, -0.05) is 12.5 Å². The lowest BCUT2D eigenvalue weighted by Gasteiger charge is -2.44. The first kappa shape index (κ1) is 17.0. The van der Waals surface area contributed by atoms with Crippen LogP contribution in [-0.2, 0) is 22.5 Å². The van der Waals surface area contributed by atoms with E-state index >= 15 is 0 Å². The second-order valence-electron chi connectivity index (χ2n) is 6.85. The zero-order valence-corrected chi connectivity index (χ0v) is 14.2. The second-order valence-corrected chi connectivity index (χ2v) is 6.85. The number of benzene rings is 1. The van der Waals surface area contributed by atoms with Crippen molar-refractivity contribution in [2.24, 2.45) is 5.41 Å². The smallest absolute Gasteiger partial charge is 0.335 e. The van der Waals surface area contributed by atoms with E-state index in [0.29, 0.717) is 26.3 Å². The summed E-state index contributed by atoms with van der Waals surface area (Å²) in [6, 6.07) is 5.24. The molecule has 0 saturated heterocycles. The fourth-order valence-corrected chi connectivity index (χ4v) is 3.79. The minimum absolute atomic E-state index is 0.222. The molecule has 1 aliphatic heterocycles. The molecular formula is C19H25NO4. The van der Waals surface area contributed by atoms with Crippen molar-refractivity contribution in [2.75, 3.05) is 19.8 Å². The summed E-state index contributed by atoms with van der Waals surface area (Å²) in [5, 5.41) is 9.16. The molecule has 1 aromatic carbocycles. The van der Waals surface area contributed by atoms with Crippen LogP contribution in [-0.4, -0.2) is 41.6 Å². The van der Waals surface area contributed by atoms with Crippen LogP contribution in [0, 0.1) is 5.41 Å². The highest BCUT2D eigenvalue weighted by Crippen LogP contribution is 2.46. The highest BCUT2D eigenvalue weighted by atomic mass is 16.5. The molecule has 1 N–H and O–H groups in total. The molecule has 0 unspecified atom stereocenters. The highest BCUT2D eigenvalue weighted by molar-refractivity contribution is 5.88. The van der Waals surface area contributed by atoms with Gasteiger partial charge in [0, 0.05) is 26.3 Å². The lowest BCUT2D eigenvalue weighted by molar-refractivity contribution is -0.150. The number of nitrogens with zero attached hydrogens (tertiary/aromatic N) is 1. The van der Waals surface area contributed by atoms with Crippen LogP contribution >= 0.6 is 0 Å².